The van der Waals surface area contributed by atoms with Gasteiger partial charge in [0, 0.05) is 31.9 Å². The highest BCUT2D eigenvalue weighted by atomic mass is 16.2. The largest absolute Gasteiger partial charge is 0.395 e. The Kier molecular flexibility index (Phi) is 5.77. The molecule has 21 heavy (non-hydrogen) atoms. The fourth-order valence-corrected chi connectivity index (χ4v) is 2.65. The third kappa shape index (κ3) is 4.05. The Morgan fingerprint density at radius 2 is 2.43 bits per heavy atom. The molecule has 0 bridgehead atoms. The predicted octanol–water partition coefficient (Wildman–Crippen LogP) is 2.08. The number of likely N-dealkylation sites (tertiary alicyclic amines) is 1. The van der Waals surface area contributed by atoms with E-state index in [1.165, 1.54) is 6.42 Å². The van der Waals surface area contributed by atoms with Crippen molar-refractivity contribution in [2.75, 3.05) is 19.7 Å². The van der Waals surface area contributed by atoms with Gasteiger partial charge in [-0.2, -0.15) is 0 Å². The summed E-state index contributed by atoms with van der Waals surface area (Å²) < 4.78 is 0. The number of piperidine rings is 1. The number of pyridine rings is 1. The molecule has 1 atom stereocenters. The lowest BCUT2D eigenvalue weighted by Gasteiger charge is -2.32. The van der Waals surface area contributed by atoms with Crippen LogP contribution < -0.4 is 0 Å². The maximum absolute atomic E-state index is 12.7. The first-order chi connectivity index (χ1) is 10.3. The van der Waals surface area contributed by atoms with Crippen LogP contribution in [0.25, 0.3) is 0 Å². The molecule has 1 N–H and O–H groups in total. The van der Waals surface area contributed by atoms with Crippen molar-refractivity contribution in [3.8, 4) is 11.8 Å². The van der Waals surface area contributed by atoms with Crippen LogP contribution in [0.5, 0.6) is 0 Å². The summed E-state index contributed by atoms with van der Waals surface area (Å²) in [4.78, 5) is 18.7. The molecule has 1 unspecified atom stereocenters. The second-order valence-corrected chi connectivity index (χ2v) is 5.36. The summed E-state index contributed by atoms with van der Waals surface area (Å²) >= 11 is 0. The van der Waals surface area contributed by atoms with Gasteiger partial charge in [-0.15, -0.1) is 0 Å². The van der Waals surface area contributed by atoms with Crippen LogP contribution in [-0.2, 0) is 0 Å². The van der Waals surface area contributed by atoms with Gasteiger partial charge in [0.05, 0.1) is 17.7 Å². The van der Waals surface area contributed by atoms with Crippen LogP contribution in [0.2, 0.25) is 0 Å². The monoisotopic (exact) mass is 286 g/mol. The van der Waals surface area contributed by atoms with Crippen molar-refractivity contribution in [3.05, 3.63) is 29.6 Å². The molecule has 0 aromatic carbocycles. The number of nitrogens with zero attached hydrogens (tertiary/aromatic N) is 2. The third-order valence-corrected chi connectivity index (χ3v) is 3.89. The molecule has 0 saturated carbocycles. The zero-order chi connectivity index (χ0) is 15.1. The molecular formula is C17H22N2O2. The van der Waals surface area contributed by atoms with Crippen LogP contribution in [0, 0.1) is 17.8 Å². The minimum atomic E-state index is 0.0286. The Labute approximate surface area is 126 Å². The van der Waals surface area contributed by atoms with Gasteiger partial charge in [0.15, 0.2) is 0 Å². The molecule has 0 aliphatic carbocycles. The van der Waals surface area contributed by atoms with E-state index in [-0.39, 0.29) is 12.5 Å². The average molecular weight is 286 g/mol. The fraction of sp³-hybridized carbons (Fsp3) is 0.529. The zero-order valence-electron chi connectivity index (χ0n) is 12.5. The van der Waals surface area contributed by atoms with E-state index in [0.717, 1.165) is 25.9 Å². The summed E-state index contributed by atoms with van der Waals surface area (Å²) in [5.41, 5.74) is 1.27. The maximum Gasteiger partial charge on any atom is 0.255 e. The number of hydrogen-bond acceptors (Lipinski definition) is 3. The van der Waals surface area contributed by atoms with Crippen LogP contribution >= 0.6 is 0 Å². The molecule has 0 spiro atoms. The molecule has 4 nitrogen and oxygen atoms in total. The standard InChI is InChI=1S/C17H22N2O2/c1-2-14-6-5-10-19(13-14)17(21)16-8-9-18-12-15(16)7-3-4-11-20/h8-9,12,14,20H,2,4-6,10-11,13H2,1H3. The molecule has 2 rings (SSSR count). The summed E-state index contributed by atoms with van der Waals surface area (Å²) in [5, 5.41) is 8.79. The van der Waals surface area contributed by atoms with E-state index in [4.69, 9.17) is 5.11 Å². The molecule has 1 aliphatic rings. The number of amides is 1. The van der Waals surface area contributed by atoms with Crippen molar-refractivity contribution < 1.29 is 9.90 Å². The van der Waals surface area contributed by atoms with E-state index in [1.807, 2.05) is 4.90 Å². The highest BCUT2D eigenvalue weighted by Crippen LogP contribution is 2.21. The minimum absolute atomic E-state index is 0.0286. The van der Waals surface area contributed by atoms with Crippen molar-refractivity contribution in [1.29, 1.82) is 0 Å². The molecule has 4 heteroatoms. The summed E-state index contributed by atoms with van der Waals surface area (Å²) in [6.07, 6.45) is 7.05. The van der Waals surface area contributed by atoms with E-state index < -0.39 is 0 Å². The third-order valence-electron chi connectivity index (χ3n) is 3.89. The van der Waals surface area contributed by atoms with Gasteiger partial charge in [-0.1, -0.05) is 25.2 Å². The van der Waals surface area contributed by atoms with Crippen LogP contribution in [0.4, 0.5) is 0 Å². The smallest absolute Gasteiger partial charge is 0.255 e. The van der Waals surface area contributed by atoms with E-state index in [9.17, 15) is 4.79 Å². The number of carbonyl (C=O) groups is 1. The average Bonchev–Trinajstić information content (AvgIpc) is 2.55. The topological polar surface area (TPSA) is 53.4 Å². The van der Waals surface area contributed by atoms with E-state index in [0.29, 0.717) is 23.5 Å². The lowest BCUT2D eigenvalue weighted by atomic mass is 9.95. The van der Waals surface area contributed by atoms with Crippen molar-refractivity contribution in [1.82, 2.24) is 9.88 Å². The van der Waals surface area contributed by atoms with Gasteiger partial charge in [-0.3, -0.25) is 9.78 Å². The van der Waals surface area contributed by atoms with E-state index in [1.54, 1.807) is 18.5 Å². The molecule has 0 radical (unpaired) electrons. The molecule has 1 aromatic rings. The second kappa shape index (κ2) is 7.80. The molecule has 2 heterocycles. The molecule has 1 amide bonds. The second-order valence-electron chi connectivity index (χ2n) is 5.36. The van der Waals surface area contributed by atoms with Gasteiger partial charge >= 0.3 is 0 Å². The fourth-order valence-electron chi connectivity index (χ4n) is 2.65. The Hall–Kier alpha value is -1.86. The highest BCUT2D eigenvalue weighted by molar-refractivity contribution is 5.96. The van der Waals surface area contributed by atoms with Crippen LogP contribution in [0.1, 0.15) is 48.5 Å². The predicted molar refractivity (Wildman–Crippen MR) is 81.7 cm³/mol. The van der Waals surface area contributed by atoms with Gasteiger partial charge < -0.3 is 10.0 Å². The van der Waals surface area contributed by atoms with Crippen molar-refractivity contribution in [3.63, 3.8) is 0 Å². The first-order valence-electron chi connectivity index (χ1n) is 7.59. The van der Waals surface area contributed by atoms with Gasteiger partial charge in [0.1, 0.15) is 0 Å². The van der Waals surface area contributed by atoms with Gasteiger partial charge in [-0.05, 0) is 24.8 Å². The number of carbonyl (C=O) groups excluding carboxylic acids is 1. The number of aromatic nitrogens is 1. The van der Waals surface area contributed by atoms with Crippen LogP contribution in [-0.4, -0.2) is 40.6 Å². The molecule has 1 aliphatic heterocycles. The normalized spacial score (nSPS) is 18.0. The van der Waals surface area contributed by atoms with Gasteiger partial charge in [-0.25, -0.2) is 0 Å². The Morgan fingerprint density at radius 3 is 3.19 bits per heavy atom. The Bertz CT molecular complexity index is 545. The van der Waals surface area contributed by atoms with Crippen molar-refractivity contribution in [2.24, 2.45) is 5.92 Å². The first kappa shape index (κ1) is 15.5. The van der Waals surface area contributed by atoms with Crippen LogP contribution in [0.3, 0.4) is 0 Å². The molecule has 1 saturated heterocycles. The zero-order valence-corrected chi connectivity index (χ0v) is 12.5. The molecule has 1 aromatic heterocycles. The molecule has 112 valence electrons. The van der Waals surface area contributed by atoms with Crippen molar-refractivity contribution >= 4 is 5.91 Å². The van der Waals surface area contributed by atoms with Crippen LogP contribution in [0.15, 0.2) is 18.5 Å². The summed E-state index contributed by atoms with van der Waals surface area (Å²) in [7, 11) is 0. The quantitative estimate of drug-likeness (QED) is 0.866. The Morgan fingerprint density at radius 1 is 1.57 bits per heavy atom. The number of rotatable bonds is 3. The summed E-state index contributed by atoms with van der Waals surface area (Å²) in [6, 6.07) is 1.74. The number of aliphatic hydroxyl groups excluding tert-OH is 1. The first-order valence-corrected chi connectivity index (χ1v) is 7.59. The minimum Gasteiger partial charge on any atom is -0.395 e. The highest BCUT2D eigenvalue weighted by Gasteiger charge is 2.24. The summed E-state index contributed by atoms with van der Waals surface area (Å²) in [6.45, 7) is 3.86. The van der Waals surface area contributed by atoms with Gasteiger partial charge in [0.25, 0.3) is 5.91 Å². The summed E-state index contributed by atoms with van der Waals surface area (Å²) in [5.74, 6) is 6.45. The molecular weight excluding hydrogens is 264 g/mol. The SMILES string of the molecule is CCC1CCCN(C(=O)c2ccncc2C#CCCO)C1. The lowest BCUT2D eigenvalue weighted by Crippen LogP contribution is -2.40. The van der Waals surface area contributed by atoms with E-state index in [2.05, 4.69) is 23.7 Å². The number of hydrogen-bond donors (Lipinski definition) is 1. The lowest BCUT2D eigenvalue weighted by molar-refractivity contribution is 0.0671. The number of aliphatic hydroxyl groups is 1. The van der Waals surface area contributed by atoms with E-state index >= 15 is 0 Å². The molecule has 1 fully saturated rings. The van der Waals surface area contributed by atoms with Crippen molar-refractivity contribution in [2.45, 2.75) is 32.6 Å². The maximum atomic E-state index is 12.7. The Balaban J connectivity index is 2.17. The van der Waals surface area contributed by atoms with Gasteiger partial charge in [0.2, 0.25) is 0 Å².